The molecule has 0 saturated carbocycles. The van der Waals surface area contributed by atoms with Crippen molar-refractivity contribution < 1.29 is 0 Å². The minimum absolute atomic E-state index is 0.836. The predicted octanol–water partition coefficient (Wildman–Crippen LogP) is 5.73. The Balaban J connectivity index is 0.000000488. The first-order chi connectivity index (χ1) is 11.9. The third-order valence-electron chi connectivity index (χ3n) is 3.71. The summed E-state index contributed by atoms with van der Waals surface area (Å²) in [4.78, 5) is 14.8. The van der Waals surface area contributed by atoms with Gasteiger partial charge in [0.1, 0.15) is 12.7 Å². The highest BCUT2D eigenvalue weighted by atomic mass is 32.2. The second-order valence-corrected chi connectivity index (χ2v) is 7.92. The monoisotopic (exact) mass is 368 g/mol. The molecule has 1 aliphatic heterocycles. The number of hydrogen-bond donors (Lipinski definition) is 0. The van der Waals surface area contributed by atoms with E-state index in [1.54, 1.807) is 12.7 Å². The van der Waals surface area contributed by atoms with Crippen LogP contribution in [-0.2, 0) is 0 Å². The van der Waals surface area contributed by atoms with Gasteiger partial charge in [-0.2, -0.15) is 0 Å². The molecule has 6 heteroatoms. The van der Waals surface area contributed by atoms with E-state index >= 15 is 0 Å². The van der Waals surface area contributed by atoms with Crippen LogP contribution >= 0.6 is 23.5 Å². The molecular weight excluding hydrogens is 336 g/mol. The molecule has 136 valence electrons. The molecule has 0 unspecified atom stereocenters. The second kappa shape index (κ2) is 15.8. The first-order valence-corrected chi connectivity index (χ1v) is 11.2. The molecule has 0 spiro atoms. The summed E-state index contributed by atoms with van der Waals surface area (Å²) in [7, 11) is 0. The summed E-state index contributed by atoms with van der Waals surface area (Å²) in [6, 6.07) is 0. The van der Waals surface area contributed by atoms with E-state index in [-0.39, 0.29) is 0 Å². The summed E-state index contributed by atoms with van der Waals surface area (Å²) < 4.78 is 0. The highest BCUT2D eigenvalue weighted by Gasteiger charge is 2.08. The zero-order valence-corrected chi connectivity index (χ0v) is 16.8. The lowest BCUT2D eigenvalue weighted by Crippen LogP contribution is -2.27. The first kappa shape index (κ1) is 21.3. The summed E-state index contributed by atoms with van der Waals surface area (Å²) in [5, 5.41) is 5.45. The molecule has 0 radical (unpaired) electrons. The summed E-state index contributed by atoms with van der Waals surface area (Å²) in [5.74, 6) is 0.836. The summed E-state index contributed by atoms with van der Waals surface area (Å²) >= 11 is 3.71. The highest BCUT2D eigenvalue weighted by molar-refractivity contribution is 8.21. The van der Waals surface area contributed by atoms with Crippen molar-refractivity contribution in [3.05, 3.63) is 23.5 Å². The zero-order chi connectivity index (χ0) is 17.3. The van der Waals surface area contributed by atoms with Crippen molar-refractivity contribution in [3.8, 4) is 0 Å². The number of hydrogen-bond acceptors (Lipinski definition) is 6. The number of unbranched alkanes of at least 4 members (excludes halogenated alkanes) is 6. The van der Waals surface area contributed by atoms with E-state index in [1.165, 1.54) is 56.5 Å². The minimum Gasteiger partial charge on any atom is -0.341 e. The largest absolute Gasteiger partial charge is 0.341 e. The van der Waals surface area contributed by atoms with E-state index in [4.69, 9.17) is 0 Å². The van der Waals surface area contributed by atoms with Gasteiger partial charge in [-0.3, -0.25) is 0 Å². The van der Waals surface area contributed by atoms with Crippen LogP contribution in [0.3, 0.4) is 0 Å². The van der Waals surface area contributed by atoms with Gasteiger partial charge in [-0.25, -0.2) is 15.0 Å². The Kier molecular flexibility index (Phi) is 14.0. The smallest absolute Gasteiger partial charge is 0.228 e. The normalized spacial score (nSPS) is 12.8. The van der Waals surface area contributed by atoms with Gasteiger partial charge in [-0.1, -0.05) is 52.4 Å². The number of nitrogens with zero attached hydrogens (tertiary/aromatic N) is 4. The molecule has 2 heterocycles. The fourth-order valence-electron chi connectivity index (χ4n) is 2.36. The van der Waals surface area contributed by atoms with Gasteiger partial charge in [0.05, 0.1) is 0 Å². The fraction of sp³-hybridized carbons (Fsp3) is 0.722. The average molecular weight is 369 g/mol. The van der Waals surface area contributed by atoms with Crippen molar-refractivity contribution in [2.24, 2.45) is 0 Å². The van der Waals surface area contributed by atoms with Crippen LogP contribution in [-0.4, -0.2) is 33.1 Å². The SMILES string of the molecule is C1=CSCS1.CCCCCCN(CCCCCC)c1ncncn1. The number of anilines is 1. The van der Waals surface area contributed by atoms with Crippen molar-refractivity contribution in [1.82, 2.24) is 15.0 Å². The summed E-state index contributed by atoms with van der Waals surface area (Å²) in [6.45, 7) is 6.62. The second-order valence-electron chi connectivity index (χ2n) is 5.77. The quantitative estimate of drug-likeness (QED) is 0.464. The molecule has 2 rings (SSSR count). The molecule has 0 amide bonds. The molecule has 0 aromatic carbocycles. The standard InChI is InChI=1S/C15H28N4.C3H4S2/c1-3-5-7-9-11-19(12-10-8-6-4-2)15-17-13-16-14-18-15;1-2-5-3-4-1/h13-14H,3-12H2,1-2H3;1-2H,3H2. The van der Waals surface area contributed by atoms with E-state index < -0.39 is 0 Å². The van der Waals surface area contributed by atoms with E-state index in [1.807, 2.05) is 23.5 Å². The van der Waals surface area contributed by atoms with Crippen LogP contribution in [0.5, 0.6) is 0 Å². The number of thioether (sulfide) groups is 2. The van der Waals surface area contributed by atoms with Gasteiger partial charge in [-0.05, 0) is 23.7 Å². The Bertz CT molecular complexity index is 397. The molecule has 24 heavy (non-hydrogen) atoms. The average Bonchev–Trinajstić information content (AvgIpc) is 3.21. The van der Waals surface area contributed by atoms with Crippen LogP contribution in [0.2, 0.25) is 0 Å². The van der Waals surface area contributed by atoms with Crippen molar-refractivity contribution in [1.29, 1.82) is 0 Å². The minimum atomic E-state index is 0.836. The van der Waals surface area contributed by atoms with Gasteiger partial charge in [0.25, 0.3) is 0 Å². The first-order valence-electron chi connectivity index (χ1n) is 9.13. The molecule has 0 bridgehead atoms. The maximum Gasteiger partial charge on any atom is 0.228 e. The topological polar surface area (TPSA) is 41.9 Å². The van der Waals surface area contributed by atoms with Crippen molar-refractivity contribution in [2.45, 2.75) is 65.2 Å². The van der Waals surface area contributed by atoms with Gasteiger partial charge in [-0.15, -0.1) is 23.5 Å². The molecule has 1 aromatic rings. The number of aromatic nitrogens is 3. The molecule has 0 atom stereocenters. The zero-order valence-electron chi connectivity index (χ0n) is 15.2. The van der Waals surface area contributed by atoms with E-state index in [0.717, 1.165) is 19.0 Å². The molecule has 0 N–H and O–H groups in total. The van der Waals surface area contributed by atoms with Crippen LogP contribution in [0.25, 0.3) is 0 Å². The maximum atomic E-state index is 4.28. The lowest BCUT2D eigenvalue weighted by atomic mass is 10.2. The fourth-order valence-corrected chi connectivity index (χ4v) is 3.93. The van der Waals surface area contributed by atoms with Crippen molar-refractivity contribution in [2.75, 3.05) is 23.1 Å². The van der Waals surface area contributed by atoms with Crippen molar-refractivity contribution in [3.63, 3.8) is 0 Å². The van der Waals surface area contributed by atoms with Gasteiger partial charge >= 0.3 is 0 Å². The molecular formula is C18H32N4S2. The third-order valence-corrected chi connectivity index (χ3v) is 5.63. The maximum absolute atomic E-state index is 4.28. The third kappa shape index (κ3) is 10.9. The lowest BCUT2D eigenvalue weighted by Gasteiger charge is -2.22. The van der Waals surface area contributed by atoms with Crippen LogP contribution < -0.4 is 4.90 Å². The molecule has 0 aliphatic carbocycles. The summed E-state index contributed by atoms with van der Waals surface area (Å²) in [6.07, 6.45) is 13.4. The Morgan fingerprint density at radius 3 is 1.79 bits per heavy atom. The van der Waals surface area contributed by atoms with E-state index in [9.17, 15) is 0 Å². The molecule has 0 saturated heterocycles. The van der Waals surface area contributed by atoms with Crippen LogP contribution in [0.15, 0.2) is 23.5 Å². The van der Waals surface area contributed by atoms with Gasteiger partial charge in [0, 0.05) is 18.2 Å². The van der Waals surface area contributed by atoms with E-state index in [0.29, 0.717) is 0 Å². The van der Waals surface area contributed by atoms with E-state index in [2.05, 4.69) is 44.5 Å². The molecule has 0 fully saturated rings. The number of rotatable bonds is 11. The Labute approximate surface area is 156 Å². The van der Waals surface area contributed by atoms with Crippen LogP contribution in [0.4, 0.5) is 5.95 Å². The van der Waals surface area contributed by atoms with Gasteiger partial charge in [0.15, 0.2) is 0 Å². The van der Waals surface area contributed by atoms with Crippen LogP contribution in [0, 0.1) is 0 Å². The summed E-state index contributed by atoms with van der Waals surface area (Å²) in [5.41, 5.74) is 0. The molecule has 1 aliphatic rings. The Morgan fingerprint density at radius 1 is 0.833 bits per heavy atom. The van der Waals surface area contributed by atoms with Gasteiger partial charge < -0.3 is 4.90 Å². The predicted molar refractivity (Wildman–Crippen MR) is 110 cm³/mol. The van der Waals surface area contributed by atoms with Gasteiger partial charge in [0.2, 0.25) is 5.95 Å². The molecule has 1 aromatic heterocycles. The Hall–Kier alpha value is -0.750. The Morgan fingerprint density at radius 2 is 1.38 bits per heavy atom. The van der Waals surface area contributed by atoms with Crippen LogP contribution in [0.1, 0.15) is 65.2 Å². The van der Waals surface area contributed by atoms with Crippen molar-refractivity contribution >= 4 is 29.5 Å². The highest BCUT2D eigenvalue weighted by Crippen LogP contribution is 2.22. The lowest BCUT2D eigenvalue weighted by molar-refractivity contribution is 0.600. The molecule has 4 nitrogen and oxygen atoms in total.